The van der Waals surface area contributed by atoms with Crippen LogP contribution in [0.15, 0.2) is 48.7 Å². The second-order valence-electron chi connectivity index (χ2n) is 10.5. The minimum absolute atomic E-state index is 0.0863. The number of nitrogens with one attached hydrogen (secondary N) is 1. The number of aryl methyl sites for hydroxylation is 1. The smallest absolute Gasteiger partial charge is 0.261 e. The average Bonchev–Trinajstić information content (AvgIpc) is 3.07. The van der Waals surface area contributed by atoms with Gasteiger partial charge in [-0.25, -0.2) is 4.98 Å². The number of fused-ring (bicyclic) bond motifs is 2. The molecule has 0 saturated carbocycles. The van der Waals surface area contributed by atoms with Crippen molar-refractivity contribution >= 4 is 40.4 Å². The summed E-state index contributed by atoms with van der Waals surface area (Å²) in [4.78, 5) is 31.3. The van der Waals surface area contributed by atoms with Crippen LogP contribution in [0.5, 0.6) is 0 Å². The van der Waals surface area contributed by atoms with Crippen molar-refractivity contribution in [3.63, 3.8) is 0 Å². The summed E-state index contributed by atoms with van der Waals surface area (Å²) in [5.41, 5.74) is 5.75. The molecule has 0 atom stereocenters. The van der Waals surface area contributed by atoms with Gasteiger partial charge in [-0.1, -0.05) is 19.1 Å². The van der Waals surface area contributed by atoms with Crippen molar-refractivity contribution in [2.24, 2.45) is 0 Å². The Morgan fingerprint density at radius 1 is 0.974 bits per heavy atom. The van der Waals surface area contributed by atoms with Crippen LogP contribution >= 0.6 is 0 Å². The molecule has 1 N–H and O–H groups in total. The van der Waals surface area contributed by atoms with Gasteiger partial charge in [0.15, 0.2) is 5.82 Å². The van der Waals surface area contributed by atoms with Crippen LogP contribution in [0.3, 0.4) is 0 Å². The van der Waals surface area contributed by atoms with Crippen molar-refractivity contribution in [3.8, 4) is 0 Å². The molecule has 2 aromatic carbocycles. The van der Waals surface area contributed by atoms with Crippen molar-refractivity contribution in [2.45, 2.75) is 32.2 Å². The fourth-order valence-corrected chi connectivity index (χ4v) is 6.01. The van der Waals surface area contributed by atoms with Gasteiger partial charge in [0.2, 0.25) is 5.95 Å². The Hall–Kier alpha value is -3.69. The van der Waals surface area contributed by atoms with Gasteiger partial charge in [-0.2, -0.15) is 4.98 Å². The van der Waals surface area contributed by atoms with Gasteiger partial charge in [0.1, 0.15) is 5.69 Å². The third-order valence-corrected chi connectivity index (χ3v) is 8.34. The zero-order valence-electron chi connectivity index (χ0n) is 23.1. The predicted molar refractivity (Wildman–Crippen MR) is 156 cm³/mol. The molecule has 9 nitrogen and oxygen atoms in total. The summed E-state index contributed by atoms with van der Waals surface area (Å²) in [6, 6.07) is 14.9. The number of carbonyl (C=O) groups is 1. The van der Waals surface area contributed by atoms with Gasteiger partial charge in [-0.15, -0.1) is 0 Å². The molecule has 3 aliphatic rings. The lowest BCUT2D eigenvalue weighted by atomic mass is 10.0. The van der Waals surface area contributed by atoms with Crippen LogP contribution in [-0.2, 0) is 11.2 Å². The Balaban J connectivity index is 1.19. The maximum absolute atomic E-state index is 13.2. The summed E-state index contributed by atoms with van der Waals surface area (Å²) in [6.07, 6.45) is 5.06. The largest absolute Gasteiger partial charge is 0.379 e. The predicted octanol–water partition coefficient (Wildman–Crippen LogP) is 4.44. The van der Waals surface area contributed by atoms with Crippen LogP contribution in [-0.4, -0.2) is 80.3 Å². The molecule has 204 valence electrons. The quantitative estimate of drug-likeness (QED) is 0.522. The third-order valence-electron chi connectivity index (χ3n) is 8.34. The molecule has 6 rings (SSSR count). The second-order valence-corrected chi connectivity index (χ2v) is 10.5. The first kappa shape index (κ1) is 25.6. The lowest BCUT2D eigenvalue weighted by Crippen LogP contribution is -2.49. The van der Waals surface area contributed by atoms with Crippen LogP contribution < -0.4 is 20.0 Å². The molecule has 1 aromatic heterocycles. The number of carbonyl (C=O) groups excluding carboxylic acids is 1. The molecule has 3 aliphatic heterocycles. The fraction of sp³-hybridized carbons (Fsp3) is 0.433. The summed E-state index contributed by atoms with van der Waals surface area (Å²) < 4.78 is 5.53. The molecular weight excluding hydrogens is 490 g/mol. The number of morpholine rings is 1. The van der Waals surface area contributed by atoms with Crippen molar-refractivity contribution in [1.82, 2.24) is 14.9 Å². The van der Waals surface area contributed by atoms with E-state index in [0.717, 1.165) is 62.9 Å². The molecule has 1 amide bonds. The Bertz CT molecular complexity index is 1350. The standard InChI is InChI=1S/C30H37N7O2/c1-4-21-19-23(36-13-11-22(12-14-36)37-15-17-39-18-16-37)9-10-25(21)32-30-31-20-27-28(33-30)35(3)29(38)24-7-5-6-8-26(24)34(27)2/h5-10,19-20,22H,4,11-18H2,1-3H3,(H,31,32,33). The number of ether oxygens (including phenoxy) is 1. The van der Waals surface area contributed by atoms with Gasteiger partial charge in [0.25, 0.3) is 5.91 Å². The van der Waals surface area contributed by atoms with Crippen molar-refractivity contribution < 1.29 is 9.53 Å². The van der Waals surface area contributed by atoms with Gasteiger partial charge in [-0.05, 0) is 55.2 Å². The molecule has 0 unspecified atom stereocenters. The maximum Gasteiger partial charge on any atom is 0.261 e. The highest BCUT2D eigenvalue weighted by molar-refractivity contribution is 6.12. The van der Waals surface area contributed by atoms with Crippen molar-refractivity contribution in [1.29, 1.82) is 0 Å². The van der Waals surface area contributed by atoms with Gasteiger partial charge < -0.3 is 19.9 Å². The Labute approximate surface area is 230 Å². The van der Waals surface area contributed by atoms with E-state index in [1.54, 1.807) is 18.1 Å². The van der Waals surface area contributed by atoms with E-state index < -0.39 is 0 Å². The number of para-hydroxylation sites is 1. The topological polar surface area (TPSA) is 77.1 Å². The first-order valence-electron chi connectivity index (χ1n) is 14.0. The number of nitrogens with zero attached hydrogens (tertiary/aromatic N) is 6. The van der Waals surface area contributed by atoms with E-state index in [4.69, 9.17) is 9.72 Å². The van der Waals surface area contributed by atoms with Gasteiger partial charge in [0.05, 0.1) is 30.7 Å². The highest BCUT2D eigenvalue weighted by Gasteiger charge is 2.29. The van der Waals surface area contributed by atoms with E-state index in [1.165, 1.54) is 24.1 Å². The molecule has 2 fully saturated rings. The number of amides is 1. The molecule has 0 radical (unpaired) electrons. The van der Waals surface area contributed by atoms with Crippen molar-refractivity contribution in [3.05, 3.63) is 59.8 Å². The molecule has 4 heterocycles. The number of aromatic nitrogens is 2. The molecule has 39 heavy (non-hydrogen) atoms. The van der Waals surface area contributed by atoms with E-state index in [-0.39, 0.29) is 5.91 Å². The van der Waals surface area contributed by atoms with Crippen LogP contribution in [0.25, 0.3) is 0 Å². The summed E-state index contributed by atoms with van der Waals surface area (Å²) in [7, 11) is 3.71. The Morgan fingerprint density at radius 3 is 2.51 bits per heavy atom. The SMILES string of the molecule is CCc1cc(N2CCC(N3CCOCC3)CC2)ccc1Nc1ncc2c(n1)N(C)C(=O)c1ccccc1N2C. The Kier molecular flexibility index (Phi) is 7.10. The first-order chi connectivity index (χ1) is 19.0. The van der Waals surface area contributed by atoms with E-state index in [0.29, 0.717) is 23.4 Å². The highest BCUT2D eigenvalue weighted by Crippen LogP contribution is 2.38. The molecular formula is C30H37N7O2. The van der Waals surface area contributed by atoms with Crippen LogP contribution in [0, 0.1) is 0 Å². The Morgan fingerprint density at radius 2 is 1.74 bits per heavy atom. The number of hydrogen-bond acceptors (Lipinski definition) is 8. The number of hydrogen-bond donors (Lipinski definition) is 1. The first-order valence-corrected chi connectivity index (χ1v) is 14.0. The second kappa shape index (κ2) is 10.8. The van der Waals surface area contributed by atoms with E-state index in [1.807, 2.05) is 36.2 Å². The zero-order chi connectivity index (χ0) is 26.9. The minimum Gasteiger partial charge on any atom is -0.379 e. The number of piperidine rings is 1. The summed E-state index contributed by atoms with van der Waals surface area (Å²) in [5, 5.41) is 3.43. The van der Waals surface area contributed by atoms with Gasteiger partial charge >= 0.3 is 0 Å². The highest BCUT2D eigenvalue weighted by atomic mass is 16.5. The van der Waals surface area contributed by atoms with Crippen LogP contribution in [0.4, 0.5) is 34.5 Å². The molecule has 0 aliphatic carbocycles. The number of anilines is 6. The van der Waals surface area contributed by atoms with Crippen molar-refractivity contribution in [2.75, 3.05) is 73.5 Å². The summed E-state index contributed by atoms with van der Waals surface area (Å²) in [6.45, 7) is 8.15. The van der Waals surface area contributed by atoms with E-state index >= 15 is 0 Å². The summed E-state index contributed by atoms with van der Waals surface area (Å²) >= 11 is 0. The van der Waals surface area contributed by atoms with E-state index in [2.05, 4.69) is 45.2 Å². The molecule has 9 heteroatoms. The third kappa shape index (κ3) is 4.92. The molecule has 0 spiro atoms. The number of benzene rings is 2. The van der Waals surface area contributed by atoms with Crippen LogP contribution in [0.2, 0.25) is 0 Å². The number of rotatable bonds is 5. The van der Waals surface area contributed by atoms with Crippen LogP contribution in [0.1, 0.15) is 35.7 Å². The average molecular weight is 528 g/mol. The van der Waals surface area contributed by atoms with E-state index in [9.17, 15) is 4.79 Å². The lowest BCUT2D eigenvalue weighted by Gasteiger charge is -2.41. The monoisotopic (exact) mass is 527 g/mol. The normalized spacial score (nSPS) is 18.5. The fourth-order valence-electron chi connectivity index (χ4n) is 6.01. The lowest BCUT2D eigenvalue weighted by molar-refractivity contribution is 0.0115. The maximum atomic E-state index is 13.2. The van der Waals surface area contributed by atoms with Gasteiger partial charge in [0, 0.05) is 57.7 Å². The minimum atomic E-state index is -0.0863. The molecule has 2 saturated heterocycles. The molecule has 3 aromatic rings. The van der Waals surface area contributed by atoms with Gasteiger partial charge in [-0.3, -0.25) is 14.6 Å². The summed E-state index contributed by atoms with van der Waals surface area (Å²) in [5.74, 6) is 0.965. The zero-order valence-corrected chi connectivity index (χ0v) is 23.1. The molecule has 0 bridgehead atoms.